The summed E-state index contributed by atoms with van der Waals surface area (Å²) in [6.45, 7) is 0. The number of hydrogen-bond acceptors (Lipinski definition) is 1. The van der Waals surface area contributed by atoms with Gasteiger partial charge in [0.25, 0.3) is 0 Å². The van der Waals surface area contributed by atoms with Crippen LogP contribution in [0.1, 0.15) is 0 Å². The van der Waals surface area contributed by atoms with Crippen LogP contribution < -0.4 is 4.90 Å². The third-order valence-corrected chi connectivity index (χ3v) is 12.5. The SMILES string of the molecule is c1ccc(-c2cc(-c3ccccc3)cc(N(c3cccc(-c4cccc5c4c4cc6ccccc6cc4n5-c4ccccc4)c3)c3ccc4c(ccc5ccccc54)c3)c2)cc1. The Labute approximate surface area is 360 Å². The van der Waals surface area contributed by atoms with Crippen molar-refractivity contribution in [2.75, 3.05) is 4.90 Å². The van der Waals surface area contributed by atoms with E-state index in [4.69, 9.17) is 0 Å². The summed E-state index contributed by atoms with van der Waals surface area (Å²) in [7, 11) is 0. The van der Waals surface area contributed by atoms with E-state index in [0.717, 1.165) is 28.3 Å². The molecular formula is C60H40N2. The maximum Gasteiger partial charge on any atom is 0.0547 e. The molecule has 0 aliphatic rings. The molecule has 0 bridgehead atoms. The number of aromatic nitrogens is 1. The molecule has 2 heteroatoms. The van der Waals surface area contributed by atoms with Gasteiger partial charge in [0.2, 0.25) is 0 Å². The molecule has 0 fully saturated rings. The molecule has 62 heavy (non-hydrogen) atoms. The minimum atomic E-state index is 1.08. The van der Waals surface area contributed by atoms with E-state index in [2.05, 4.69) is 252 Å². The molecule has 1 aromatic heterocycles. The van der Waals surface area contributed by atoms with Crippen molar-refractivity contribution in [2.45, 2.75) is 0 Å². The number of benzene rings is 11. The van der Waals surface area contributed by atoms with Crippen molar-refractivity contribution in [1.82, 2.24) is 4.57 Å². The molecule has 2 nitrogen and oxygen atoms in total. The Bertz CT molecular complexity index is 3570. The molecular weight excluding hydrogens is 749 g/mol. The van der Waals surface area contributed by atoms with E-state index < -0.39 is 0 Å². The summed E-state index contributed by atoms with van der Waals surface area (Å²) in [5.41, 5.74) is 13.9. The fourth-order valence-electron chi connectivity index (χ4n) is 9.58. The average molecular weight is 789 g/mol. The van der Waals surface area contributed by atoms with Gasteiger partial charge in [-0.05, 0) is 138 Å². The van der Waals surface area contributed by atoms with Gasteiger partial charge in [0.15, 0.2) is 0 Å². The van der Waals surface area contributed by atoms with Crippen molar-refractivity contribution in [3.8, 4) is 39.1 Å². The van der Waals surface area contributed by atoms with Crippen LogP contribution >= 0.6 is 0 Å². The van der Waals surface area contributed by atoms with E-state index in [1.165, 1.54) is 81.9 Å². The topological polar surface area (TPSA) is 8.17 Å². The van der Waals surface area contributed by atoms with Gasteiger partial charge in [-0.3, -0.25) is 0 Å². The number of anilines is 3. The molecule has 0 aliphatic heterocycles. The number of fused-ring (bicyclic) bond motifs is 7. The molecule has 0 amide bonds. The molecule has 12 aromatic rings. The molecule has 0 atom stereocenters. The fourth-order valence-corrected chi connectivity index (χ4v) is 9.58. The van der Waals surface area contributed by atoms with Crippen LogP contribution in [0.15, 0.2) is 243 Å². The lowest BCUT2D eigenvalue weighted by Gasteiger charge is -2.28. The van der Waals surface area contributed by atoms with Gasteiger partial charge in [-0.25, -0.2) is 0 Å². The van der Waals surface area contributed by atoms with E-state index in [1.54, 1.807) is 0 Å². The van der Waals surface area contributed by atoms with Crippen LogP contribution in [-0.4, -0.2) is 4.57 Å². The lowest BCUT2D eigenvalue weighted by Crippen LogP contribution is -2.10. The quantitative estimate of drug-likeness (QED) is 0.146. The first-order valence-electron chi connectivity index (χ1n) is 21.3. The van der Waals surface area contributed by atoms with Gasteiger partial charge in [-0.1, -0.05) is 170 Å². The highest BCUT2D eigenvalue weighted by molar-refractivity contribution is 6.19. The molecule has 290 valence electrons. The molecule has 0 spiro atoms. The molecule has 0 saturated heterocycles. The van der Waals surface area contributed by atoms with Crippen molar-refractivity contribution in [1.29, 1.82) is 0 Å². The molecule has 0 unspecified atom stereocenters. The molecule has 1 heterocycles. The predicted molar refractivity (Wildman–Crippen MR) is 264 cm³/mol. The highest BCUT2D eigenvalue weighted by Crippen LogP contribution is 2.45. The summed E-state index contributed by atoms with van der Waals surface area (Å²) >= 11 is 0. The largest absolute Gasteiger partial charge is 0.310 e. The van der Waals surface area contributed by atoms with Crippen LogP contribution in [0.25, 0.3) is 93.2 Å². The van der Waals surface area contributed by atoms with E-state index >= 15 is 0 Å². The maximum absolute atomic E-state index is 2.44. The Morgan fingerprint density at radius 1 is 0.274 bits per heavy atom. The Morgan fingerprint density at radius 2 is 0.839 bits per heavy atom. The summed E-state index contributed by atoms with van der Waals surface area (Å²) in [5.74, 6) is 0. The Hall–Kier alpha value is -8.20. The van der Waals surface area contributed by atoms with Crippen molar-refractivity contribution in [2.24, 2.45) is 0 Å². The third kappa shape index (κ3) is 6.12. The van der Waals surface area contributed by atoms with Crippen molar-refractivity contribution in [3.63, 3.8) is 0 Å². The van der Waals surface area contributed by atoms with Crippen molar-refractivity contribution in [3.05, 3.63) is 243 Å². The van der Waals surface area contributed by atoms with Gasteiger partial charge in [0.05, 0.1) is 11.0 Å². The molecule has 12 rings (SSSR count). The first-order valence-corrected chi connectivity index (χ1v) is 21.3. The number of para-hydroxylation sites is 1. The zero-order chi connectivity index (χ0) is 41.0. The molecule has 11 aromatic carbocycles. The average Bonchev–Trinajstić information content (AvgIpc) is 3.67. The van der Waals surface area contributed by atoms with Crippen LogP contribution in [0.4, 0.5) is 17.1 Å². The normalized spacial score (nSPS) is 11.5. The van der Waals surface area contributed by atoms with E-state index in [9.17, 15) is 0 Å². The Kier molecular flexibility index (Phi) is 8.53. The molecule has 0 N–H and O–H groups in total. The minimum absolute atomic E-state index is 1.08. The summed E-state index contributed by atoms with van der Waals surface area (Å²) in [6.07, 6.45) is 0. The smallest absolute Gasteiger partial charge is 0.0547 e. The van der Waals surface area contributed by atoms with Crippen LogP contribution in [0.5, 0.6) is 0 Å². The Morgan fingerprint density at radius 3 is 1.58 bits per heavy atom. The van der Waals surface area contributed by atoms with Gasteiger partial charge in [0, 0.05) is 33.5 Å². The van der Waals surface area contributed by atoms with Crippen LogP contribution in [0.2, 0.25) is 0 Å². The summed E-state index contributed by atoms with van der Waals surface area (Å²) in [4.78, 5) is 2.44. The van der Waals surface area contributed by atoms with Crippen LogP contribution in [0.3, 0.4) is 0 Å². The third-order valence-electron chi connectivity index (χ3n) is 12.5. The second-order valence-corrected chi connectivity index (χ2v) is 16.2. The molecule has 0 aliphatic carbocycles. The zero-order valence-corrected chi connectivity index (χ0v) is 34.0. The highest BCUT2D eigenvalue weighted by atomic mass is 15.1. The summed E-state index contributed by atoms with van der Waals surface area (Å²) < 4.78 is 2.43. The molecule has 0 radical (unpaired) electrons. The number of rotatable bonds is 7. The lowest BCUT2D eigenvalue weighted by atomic mass is 9.96. The predicted octanol–water partition coefficient (Wildman–Crippen LogP) is 16.7. The number of nitrogens with zero attached hydrogens (tertiary/aromatic N) is 2. The van der Waals surface area contributed by atoms with Gasteiger partial charge in [-0.2, -0.15) is 0 Å². The van der Waals surface area contributed by atoms with Gasteiger partial charge in [0.1, 0.15) is 0 Å². The van der Waals surface area contributed by atoms with Gasteiger partial charge in [-0.15, -0.1) is 0 Å². The standard InChI is InChI=1S/C60H40N2/c1-4-16-41(17-5-1)48-34-49(42-18-6-2-7-19-42)38-53(37-48)61(52-32-33-55-47(36-52)31-30-43-20-12-13-27-54(43)55)51-26-14-23-46(35-51)56-28-15-29-58-60(56)57-39-44-21-10-11-22-45(44)40-59(57)62(58)50-24-8-3-9-25-50/h1-40H. The monoisotopic (exact) mass is 788 g/mol. The first kappa shape index (κ1) is 35.7. The van der Waals surface area contributed by atoms with E-state index in [0.29, 0.717) is 0 Å². The first-order chi connectivity index (χ1) is 30.7. The van der Waals surface area contributed by atoms with Crippen molar-refractivity contribution < 1.29 is 0 Å². The second-order valence-electron chi connectivity index (χ2n) is 16.2. The number of hydrogen-bond donors (Lipinski definition) is 0. The van der Waals surface area contributed by atoms with E-state index in [-0.39, 0.29) is 0 Å². The van der Waals surface area contributed by atoms with Crippen LogP contribution in [-0.2, 0) is 0 Å². The minimum Gasteiger partial charge on any atom is -0.310 e. The zero-order valence-electron chi connectivity index (χ0n) is 34.0. The second kappa shape index (κ2) is 14.8. The maximum atomic E-state index is 2.44. The molecule has 0 saturated carbocycles. The van der Waals surface area contributed by atoms with E-state index in [1.807, 2.05) is 0 Å². The van der Waals surface area contributed by atoms with Crippen LogP contribution in [0, 0.1) is 0 Å². The van der Waals surface area contributed by atoms with Gasteiger partial charge < -0.3 is 9.47 Å². The lowest BCUT2D eigenvalue weighted by molar-refractivity contribution is 1.18. The highest BCUT2D eigenvalue weighted by Gasteiger charge is 2.20. The summed E-state index contributed by atoms with van der Waals surface area (Å²) in [5, 5.41) is 9.91. The Balaban J connectivity index is 1.11. The van der Waals surface area contributed by atoms with Gasteiger partial charge >= 0.3 is 0 Å². The van der Waals surface area contributed by atoms with Crippen molar-refractivity contribution >= 4 is 71.2 Å². The fraction of sp³-hybridized carbons (Fsp3) is 0. The summed E-state index contributed by atoms with van der Waals surface area (Å²) in [6, 6.07) is 88.7.